The van der Waals surface area contributed by atoms with Crippen LogP contribution >= 0.6 is 0 Å². The molecule has 0 amide bonds. The Morgan fingerprint density at radius 1 is 1.44 bits per heavy atom. The van der Waals surface area contributed by atoms with Crippen LogP contribution in [0.5, 0.6) is 0 Å². The second kappa shape index (κ2) is 4.85. The van der Waals surface area contributed by atoms with Crippen molar-refractivity contribution < 1.29 is 4.42 Å². The summed E-state index contributed by atoms with van der Waals surface area (Å²) in [5, 5.41) is 3.24. The SMILES string of the molecule is Cn1ccn(CCNCc2ccoc2)c1=O. The Labute approximate surface area is 93.3 Å². The molecule has 0 aliphatic heterocycles. The van der Waals surface area contributed by atoms with E-state index in [0.29, 0.717) is 6.54 Å². The quantitative estimate of drug-likeness (QED) is 0.751. The average Bonchev–Trinajstić information content (AvgIpc) is 2.88. The minimum atomic E-state index is 0.0186. The molecule has 16 heavy (non-hydrogen) atoms. The van der Waals surface area contributed by atoms with E-state index in [-0.39, 0.29) is 5.69 Å². The fraction of sp³-hybridized carbons (Fsp3) is 0.364. The molecular weight excluding hydrogens is 206 g/mol. The highest BCUT2D eigenvalue weighted by molar-refractivity contribution is 5.04. The highest BCUT2D eigenvalue weighted by Gasteiger charge is 1.98. The summed E-state index contributed by atoms with van der Waals surface area (Å²) in [4.78, 5) is 11.5. The second-order valence-corrected chi connectivity index (χ2v) is 3.69. The van der Waals surface area contributed by atoms with Gasteiger partial charge < -0.3 is 14.3 Å². The van der Waals surface area contributed by atoms with Crippen molar-refractivity contribution in [2.75, 3.05) is 6.54 Å². The zero-order chi connectivity index (χ0) is 11.4. The first-order chi connectivity index (χ1) is 7.77. The Hall–Kier alpha value is -1.75. The summed E-state index contributed by atoms with van der Waals surface area (Å²) in [5.41, 5.74) is 1.13. The van der Waals surface area contributed by atoms with Crippen molar-refractivity contribution in [2.24, 2.45) is 7.05 Å². The number of nitrogens with zero attached hydrogens (tertiary/aromatic N) is 2. The third-order valence-electron chi connectivity index (χ3n) is 2.46. The van der Waals surface area contributed by atoms with Gasteiger partial charge in [0.15, 0.2) is 0 Å². The van der Waals surface area contributed by atoms with Gasteiger partial charge in [0.05, 0.1) is 12.5 Å². The largest absolute Gasteiger partial charge is 0.472 e. The molecular formula is C11H15N3O2. The molecule has 1 N–H and O–H groups in total. The Kier molecular flexibility index (Phi) is 3.26. The molecule has 0 radical (unpaired) electrons. The normalized spacial score (nSPS) is 10.8. The van der Waals surface area contributed by atoms with Crippen LogP contribution in [0.25, 0.3) is 0 Å². The van der Waals surface area contributed by atoms with E-state index in [2.05, 4.69) is 5.32 Å². The number of aryl methyl sites for hydroxylation is 1. The third kappa shape index (κ3) is 2.43. The van der Waals surface area contributed by atoms with Gasteiger partial charge in [-0.2, -0.15) is 0 Å². The zero-order valence-corrected chi connectivity index (χ0v) is 9.22. The molecule has 2 aromatic heterocycles. The maximum absolute atomic E-state index is 11.5. The van der Waals surface area contributed by atoms with Crippen LogP contribution in [0.4, 0.5) is 0 Å². The van der Waals surface area contributed by atoms with Crippen LogP contribution in [-0.2, 0) is 20.1 Å². The molecule has 0 saturated carbocycles. The van der Waals surface area contributed by atoms with Gasteiger partial charge in [0.2, 0.25) is 0 Å². The van der Waals surface area contributed by atoms with Crippen molar-refractivity contribution in [1.29, 1.82) is 0 Å². The molecule has 5 heteroatoms. The number of hydrogen-bond acceptors (Lipinski definition) is 3. The lowest BCUT2D eigenvalue weighted by atomic mass is 10.3. The molecule has 2 aromatic rings. The lowest BCUT2D eigenvalue weighted by molar-refractivity contribution is 0.552. The molecule has 2 rings (SSSR count). The predicted molar refractivity (Wildman–Crippen MR) is 60.1 cm³/mol. The Morgan fingerprint density at radius 2 is 2.31 bits per heavy atom. The molecule has 0 atom stereocenters. The van der Waals surface area contributed by atoms with Gasteiger partial charge in [-0.05, 0) is 6.07 Å². The second-order valence-electron chi connectivity index (χ2n) is 3.69. The van der Waals surface area contributed by atoms with Crippen LogP contribution in [0.15, 0.2) is 40.2 Å². The molecule has 0 aromatic carbocycles. The molecule has 0 spiro atoms. The van der Waals surface area contributed by atoms with Crippen LogP contribution < -0.4 is 11.0 Å². The summed E-state index contributed by atoms with van der Waals surface area (Å²) >= 11 is 0. The van der Waals surface area contributed by atoms with Crippen molar-refractivity contribution in [3.8, 4) is 0 Å². The van der Waals surface area contributed by atoms with Crippen LogP contribution in [0.1, 0.15) is 5.56 Å². The maximum atomic E-state index is 11.5. The van der Waals surface area contributed by atoms with Gasteiger partial charge in [-0.25, -0.2) is 4.79 Å². The fourth-order valence-electron chi connectivity index (χ4n) is 1.51. The third-order valence-corrected chi connectivity index (χ3v) is 2.46. The Bertz CT molecular complexity index is 482. The van der Waals surface area contributed by atoms with Crippen LogP contribution in [0.3, 0.4) is 0 Å². The summed E-state index contributed by atoms with van der Waals surface area (Å²) in [6.07, 6.45) is 6.92. The Morgan fingerprint density at radius 3 is 2.94 bits per heavy atom. The monoisotopic (exact) mass is 221 g/mol. The first-order valence-electron chi connectivity index (χ1n) is 5.21. The zero-order valence-electron chi connectivity index (χ0n) is 9.22. The number of rotatable bonds is 5. The van der Waals surface area contributed by atoms with Crippen LogP contribution in [-0.4, -0.2) is 15.7 Å². The number of aromatic nitrogens is 2. The molecule has 0 aliphatic carbocycles. The van der Waals surface area contributed by atoms with Crippen molar-refractivity contribution in [3.05, 3.63) is 47.0 Å². The van der Waals surface area contributed by atoms with Gasteiger partial charge in [-0.1, -0.05) is 0 Å². The first kappa shape index (κ1) is 10.8. The lowest BCUT2D eigenvalue weighted by Gasteiger charge is -2.03. The van der Waals surface area contributed by atoms with Gasteiger partial charge in [0, 0.05) is 44.6 Å². The maximum Gasteiger partial charge on any atom is 0.327 e. The molecule has 0 fully saturated rings. The predicted octanol–water partition coefficient (Wildman–Crippen LogP) is 0.570. The lowest BCUT2D eigenvalue weighted by Crippen LogP contribution is -2.27. The highest BCUT2D eigenvalue weighted by atomic mass is 16.3. The minimum absolute atomic E-state index is 0.0186. The highest BCUT2D eigenvalue weighted by Crippen LogP contribution is 1.97. The molecule has 0 saturated heterocycles. The standard InChI is InChI=1S/C11H15N3O2/c1-13-5-6-14(11(13)15)4-3-12-8-10-2-7-16-9-10/h2,5-7,9,12H,3-4,8H2,1H3. The summed E-state index contributed by atoms with van der Waals surface area (Å²) < 4.78 is 8.20. The van der Waals surface area contributed by atoms with Gasteiger partial charge in [0.25, 0.3) is 0 Å². The van der Waals surface area contributed by atoms with Crippen LogP contribution in [0.2, 0.25) is 0 Å². The molecule has 0 unspecified atom stereocenters. The fourth-order valence-corrected chi connectivity index (χ4v) is 1.51. The Balaban J connectivity index is 1.76. The van der Waals surface area contributed by atoms with E-state index in [1.807, 2.05) is 6.07 Å². The summed E-state index contributed by atoms with van der Waals surface area (Å²) in [6.45, 7) is 2.20. The van der Waals surface area contributed by atoms with E-state index < -0.39 is 0 Å². The van der Waals surface area contributed by atoms with E-state index in [1.165, 1.54) is 0 Å². The molecule has 0 aliphatic rings. The number of nitrogens with one attached hydrogen (secondary N) is 1. The molecule has 5 nitrogen and oxygen atoms in total. The van der Waals surface area contributed by atoms with E-state index in [9.17, 15) is 4.79 Å². The van der Waals surface area contributed by atoms with Gasteiger partial charge in [0.1, 0.15) is 0 Å². The topological polar surface area (TPSA) is 52.1 Å². The summed E-state index contributed by atoms with van der Waals surface area (Å²) in [7, 11) is 1.75. The van der Waals surface area contributed by atoms with Gasteiger partial charge >= 0.3 is 5.69 Å². The van der Waals surface area contributed by atoms with E-state index in [4.69, 9.17) is 4.42 Å². The van der Waals surface area contributed by atoms with Crippen molar-refractivity contribution >= 4 is 0 Å². The number of hydrogen-bond donors (Lipinski definition) is 1. The molecule has 0 bridgehead atoms. The first-order valence-corrected chi connectivity index (χ1v) is 5.21. The van der Waals surface area contributed by atoms with E-state index in [0.717, 1.165) is 18.7 Å². The van der Waals surface area contributed by atoms with E-state index in [1.54, 1.807) is 41.1 Å². The summed E-state index contributed by atoms with van der Waals surface area (Å²) in [6, 6.07) is 1.92. The van der Waals surface area contributed by atoms with Crippen molar-refractivity contribution in [1.82, 2.24) is 14.5 Å². The van der Waals surface area contributed by atoms with Crippen molar-refractivity contribution in [3.63, 3.8) is 0 Å². The summed E-state index contributed by atoms with van der Waals surface area (Å²) in [5.74, 6) is 0. The molecule has 2 heterocycles. The number of imidazole rings is 1. The molecule has 86 valence electrons. The van der Waals surface area contributed by atoms with Gasteiger partial charge in [-0.15, -0.1) is 0 Å². The minimum Gasteiger partial charge on any atom is -0.472 e. The van der Waals surface area contributed by atoms with E-state index >= 15 is 0 Å². The van der Waals surface area contributed by atoms with Crippen LogP contribution in [0, 0.1) is 0 Å². The van der Waals surface area contributed by atoms with Crippen molar-refractivity contribution in [2.45, 2.75) is 13.1 Å². The van der Waals surface area contributed by atoms with Gasteiger partial charge in [-0.3, -0.25) is 4.57 Å². The smallest absolute Gasteiger partial charge is 0.327 e. The average molecular weight is 221 g/mol. The number of furan rings is 1.